The van der Waals surface area contributed by atoms with Crippen molar-refractivity contribution in [1.82, 2.24) is 0 Å². The maximum absolute atomic E-state index is 13.0. The average Bonchev–Trinajstić information content (AvgIpc) is 3.51. The van der Waals surface area contributed by atoms with Gasteiger partial charge in [-0.3, -0.25) is 0 Å². The molecule has 0 radical (unpaired) electrons. The van der Waals surface area contributed by atoms with Crippen LogP contribution in [-0.2, 0) is 15.1 Å². The number of carbonyl (C=O) groups is 1. The Morgan fingerprint density at radius 3 is 2.33 bits per heavy atom. The quantitative estimate of drug-likeness (QED) is 0.176. The molecule has 4 heteroatoms. The molecule has 36 heavy (non-hydrogen) atoms. The zero-order chi connectivity index (χ0) is 24.5. The van der Waals surface area contributed by atoms with Crippen LogP contribution in [0.3, 0.4) is 0 Å². The normalized spacial score (nSPS) is 15.3. The zero-order valence-electron chi connectivity index (χ0n) is 20.4. The van der Waals surface area contributed by atoms with E-state index in [9.17, 15) is 4.79 Å². The minimum Gasteiger partial charge on any atom is -0.482 e. The molecule has 1 aliphatic rings. The molecule has 0 amide bonds. The first-order valence-corrected chi connectivity index (χ1v) is 13.8. The van der Waals surface area contributed by atoms with Gasteiger partial charge in [0.1, 0.15) is 11.4 Å². The summed E-state index contributed by atoms with van der Waals surface area (Å²) in [6, 6.07) is 33.6. The van der Waals surface area contributed by atoms with Crippen molar-refractivity contribution < 1.29 is 14.3 Å². The second kappa shape index (κ2) is 9.44. The Balaban J connectivity index is 1.18. The third-order valence-corrected chi connectivity index (χ3v) is 9.55. The lowest BCUT2D eigenvalue weighted by atomic mass is 9.87. The fourth-order valence-corrected chi connectivity index (χ4v) is 7.81. The van der Waals surface area contributed by atoms with Crippen LogP contribution >= 0.6 is 10.5 Å². The van der Waals surface area contributed by atoms with Gasteiger partial charge in [0.15, 0.2) is 21.1 Å². The number of ether oxygens (including phenoxy) is 2. The summed E-state index contributed by atoms with van der Waals surface area (Å²) in [5, 5.41) is 3.63. The van der Waals surface area contributed by atoms with Crippen molar-refractivity contribution in [2.75, 3.05) is 6.61 Å². The summed E-state index contributed by atoms with van der Waals surface area (Å²) in [6.45, 7) is 2.09. The Morgan fingerprint density at radius 1 is 0.833 bits per heavy atom. The van der Waals surface area contributed by atoms with Crippen molar-refractivity contribution in [3.63, 3.8) is 0 Å². The molecule has 0 aliphatic heterocycles. The molecule has 3 nitrogen and oxygen atoms in total. The Hall–Kier alpha value is -3.63. The number of thiophene rings is 1. The van der Waals surface area contributed by atoms with Crippen molar-refractivity contribution in [3.8, 4) is 10.6 Å². The van der Waals surface area contributed by atoms with Gasteiger partial charge in [-0.2, -0.15) is 0 Å². The summed E-state index contributed by atoms with van der Waals surface area (Å²) >= 11 is 0. The van der Waals surface area contributed by atoms with Crippen LogP contribution in [0.25, 0.3) is 25.8 Å². The van der Waals surface area contributed by atoms with Gasteiger partial charge in [-0.25, -0.2) is 4.79 Å². The molecule has 1 atom stereocenters. The summed E-state index contributed by atoms with van der Waals surface area (Å²) in [5.41, 5.74) is 0.531. The lowest BCUT2D eigenvalue weighted by Crippen LogP contribution is -2.32. The van der Waals surface area contributed by atoms with E-state index in [1.165, 1.54) is 25.2 Å². The molecule has 0 saturated heterocycles. The third-order valence-electron chi connectivity index (χ3n) is 7.24. The van der Waals surface area contributed by atoms with Gasteiger partial charge in [-0.15, -0.1) is 0 Å². The van der Waals surface area contributed by atoms with E-state index in [0.29, 0.717) is 5.75 Å². The highest BCUT2D eigenvalue weighted by Crippen LogP contribution is 2.45. The molecule has 5 aromatic rings. The Bertz CT molecular complexity index is 1540. The molecule has 1 aliphatic carbocycles. The molecular formula is C32H29O3S+. The number of rotatable bonds is 6. The molecule has 0 N–H and O–H groups in total. The third kappa shape index (κ3) is 4.16. The van der Waals surface area contributed by atoms with E-state index in [1.54, 1.807) is 0 Å². The zero-order valence-corrected chi connectivity index (χ0v) is 21.2. The second-order valence-electron chi connectivity index (χ2n) is 9.56. The molecular weight excluding hydrogens is 464 g/mol. The van der Waals surface area contributed by atoms with Crippen molar-refractivity contribution >= 4 is 37.3 Å². The molecule has 1 unspecified atom stereocenters. The summed E-state index contributed by atoms with van der Waals surface area (Å²) in [7, 11) is -0.0593. The van der Waals surface area contributed by atoms with E-state index in [0.717, 1.165) is 36.6 Å². The molecule has 0 spiro atoms. The first-order valence-electron chi connectivity index (χ1n) is 12.6. The molecule has 1 heterocycles. The van der Waals surface area contributed by atoms with Crippen LogP contribution in [-0.4, -0.2) is 12.6 Å². The summed E-state index contributed by atoms with van der Waals surface area (Å²) in [6.07, 6.45) is 3.80. The average molecular weight is 494 g/mol. The highest BCUT2D eigenvalue weighted by Gasteiger charge is 2.40. The fourth-order valence-electron chi connectivity index (χ4n) is 5.61. The Labute approximate surface area is 214 Å². The van der Waals surface area contributed by atoms with E-state index in [-0.39, 0.29) is 23.0 Å². The SMILES string of the molecule is Cc1cc2ccccc2[s+]1-c1ccc(OCC(=O)OC2(c3cccc4ccccc34)CCCC2)cc1. The summed E-state index contributed by atoms with van der Waals surface area (Å²) in [5.74, 6) is 0.360. The van der Waals surface area contributed by atoms with E-state index in [1.807, 2.05) is 24.3 Å². The van der Waals surface area contributed by atoms with E-state index >= 15 is 0 Å². The van der Waals surface area contributed by atoms with Crippen LogP contribution in [0.4, 0.5) is 0 Å². The largest absolute Gasteiger partial charge is 0.482 e. The van der Waals surface area contributed by atoms with Crippen LogP contribution in [0, 0.1) is 6.92 Å². The molecule has 1 fully saturated rings. The summed E-state index contributed by atoms with van der Waals surface area (Å²) < 4.78 is 13.4. The van der Waals surface area contributed by atoms with Crippen LogP contribution in [0.2, 0.25) is 0 Å². The van der Waals surface area contributed by atoms with Crippen molar-refractivity contribution in [3.05, 3.63) is 108 Å². The number of hydrogen-bond donors (Lipinski definition) is 0. The second-order valence-corrected chi connectivity index (χ2v) is 11.7. The van der Waals surface area contributed by atoms with Gasteiger partial charge in [-0.1, -0.05) is 54.6 Å². The van der Waals surface area contributed by atoms with Crippen LogP contribution in [0.15, 0.2) is 97.1 Å². The standard InChI is InChI=1S/C32H29O3S/c1-23-21-25-10-3-5-14-30(25)36(23)27-17-15-26(16-18-27)34-22-31(33)35-32(19-6-7-20-32)29-13-8-11-24-9-2-4-12-28(24)29/h2-5,8-18,21H,6-7,19-20,22H2,1H3/q+1. The maximum atomic E-state index is 13.0. The number of carbonyl (C=O) groups excluding carboxylic acids is 1. The van der Waals surface area contributed by atoms with E-state index in [4.69, 9.17) is 9.47 Å². The molecule has 4 aromatic carbocycles. The van der Waals surface area contributed by atoms with Crippen molar-refractivity contribution in [2.45, 2.75) is 38.2 Å². The van der Waals surface area contributed by atoms with Crippen LogP contribution in [0.5, 0.6) is 5.75 Å². The first-order chi connectivity index (χ1) is 17.6. The molecule has 1 aromatic heterocycles. The first kappa shape index (κ1) is 22.8. The maximum Gasteiger partial charge on any atom is 0.345 e. The number of esters is 1. The van der Waals surface area contributed by atoms with E-state index in [2.05, 4.69) is 79.7 Å². The highest BCUT2D eigenvalue weighted by atomic mass is 32.2. The smallest absolute Gasteiger partial charge is 0.345 e. The van der Waals surface area contributed by atoms with Crippen molar-refractivity contribution in [2.24, 2.45) is 0 Å². The number of benzene rings is 4. The monoisotopic (exact) mass is 493 g/mol. The number of fused-ring (bicyclic) bond motifs is 2. The van der Waals surface area contributed by atoms with Gasteiger partial charge in [0, 0.05) is 46.5 Å². The topological polar surface area (TPSA) is 35.5 Å². The van der Waals surface area contributed by atoms with E-state index < -0.39 is 5.60 Å². The predicted molar refractivity (Wildman–Crippen MR) is 148 cm³/mol. The summed E-state index contributed by atoms with van der Waals surface area (Å²) in [4.78, 5) is 15.6. The molecule has 6 rings (SSSR count). The molecule has 180 valence electrons. The number of hydrogen-bond acceptors (Lipinski definition) is 3. The minimum atomic E-state index is -0.577. The predicted octanol–water partition coefficient (Wildman–Crippen LogP) is 8.43. The van der Waals surface area contributed by atoms with Crippen molar-refractivity contribution in [1.29, 1.82) is 0 Å². The minimum absolute atomic E-state index is 0.0593. The van der Waals surface area contributed by atoms with Gasteiger partial charge >= 0.3 is 5.97 Å². The lowest BCUT2D eigenvalue weighted by molar-refractivity contribution is -0.163. The number of aryl methyl sites for hydroxylation is 1. The Kier molecular flexibility index (Phi) is 5.98. The van der Waals surface area contributed by atoms with Crippen LogP contribution in [0.1, 0.15) is 36.1 Å². The van der Waals surface area contributed by atoms with Gasteiger partial charge in [0.05, 0.1) is 0 Å². The lowest BCUT2D eigenvalue weighted by Gasteiger charge is -2.31. The molecule has 0 bridgehead atoms. The van der Waals surface area contributed by atoms with Crippen LogP contribution < -0.4 is 4.74 Å². The van der Waals surface area contributed by atoms with Gasteiger partial charge in [0.2, 0.25) is 0 Å². The van der Waals surface area contributed by atoms with Gasteiger partial charge < -0.3 is 9.47 Å². The fraction of sp³-hybridized carbons (Fsp3) is 0.219. The molecule has 1 saturated carbocycles. The van der Waals surface area contributed by atoms with Gasteiger partial charge in [0.25, 0.3) is 0 Å². The highest BCUT2D eigenvalue weighted by molar-refractivity contribution is 7.45. The Morgan fingerprint density at radius 2 is 1.53 bits per heavy atom. The van der Waals surface area contributed by atoms with Gasteiger partial charge in [-0.05, 0) is 60.7 Å².